The van der Waals surface area contributed by atoms with E-state index < -0.39 is 123 Å². The number of ether oxygens (including phenoxy) is 3. The van der Waals surface area contributed by atoms with Gasteiger partial charge >= 0.3 is 18.1 Å². The van der Waals surface area contributed by atoms with Gasteiger partial charge in [0.2, 0.25) is 11.8 Å². The molecule has 2 aliphatic carbocycles. The van der Waals surface area contributed by atoms with Crippen LogP contribution in [0.5, 0.6) is 0 Å². The van der Waals surface area contributed by atoms with Crippen LogP contribution in [0.2, 0.25) is 0 Å². The largest absolute Gasteiger partial charge is 0.476 e. The number of amides is 8. The van der Waals surface area contributed by atoms with Gasteiger partial charge in [-0.1, -0.05) is 94.5 Å². The second-order valence-corrected chi connectivity index (χ2v) is 33.1. The highest BCUT2D eigenvalue weighted by molar-refractivity contribution is 7.85. The van der Waals surface area contributed by atoms with Crippen LogP contribution in [0.1, 0.15) is 141 Å². The number of carboxylic acid groups (broad SMARTS) is 1. The van der Waals surface area contributed by atoms with E-state index in [1.165, 1.54) is 28.2 Å². The Kier molecular flexibility index (Phi) is 24.5. The number of nitrogens with zero attached hydrogens (tertiary/aromatic N) is 8. The number of aromatic nitrogens is 4. The maximum atomic E-state index is 14.2. The highest BCUT2D eigenvalue weighted by Gasteiger charge is 2.56. The number of carbonyl (C=O) groups is 10. The average Bonchev–Trinajstić information content (AvgIpc) is 0.809. The van der Waals surface area contributed by atoms with E-state index in [1.807, 2.05) is 59.0 Å². The van der Waals surface area contributed by atoms with Gasteiger partial charge in [-0.15, -0.1) is 0 Å². The first-order valence-corrected chi connectivity index (χ1v) is 38.8. The molecule has 576 valence electrons. The number of pyridine rings is 1. The zero-order valence-electron chi connectivity index (χ0n) is 61.7. The maximum absolute atomic E-state index is 14.2. The Morgan fingerprint density at radius 3 is 2.33 bits per heavy atom. The number of rotatable bonds is 33. The van der Waals surface area contributed by atoms with Crippen LogP contribution >= 0.6 is 11.3 Å². The number of carbonyl (C=O) groups excluding carboxylic acids is 9. The first kappa shape index (κ1) is 79.2. The lowest BCUT2D eigenvalue weighted by Crippen LogP contribution is -2.55. The van der Waals surface area contributed by atoms with Crippen molar-refractivity contribution >= 4 is 102 Å². The second-order valence-electron chi connectivity index (χ2n) is 30.5. The third-order valence-corrected chi connectivity index (χ3v) is 23.0. The van der Waals surface area contributed by atoms with Gasteiger partial charge in [-0.2, -0.15) is 13.5 Å². The fourth-order valence-corrected chi connectivity index (χ4v) is 18.3. The second kappa shape index (κ2) is 33.4. The first-order chi connectivity index (χ1) is 51.3. The molecular weight excluding hydrogens is 1430 g/mol. The number of ketones is 2. The molecule has 3 aliphatic heterocycles. The lowest BCUT2D eigenvalue weighted by atomic mass is 9.51. The lowest BCUT2D eigenvalue weighted by molar-refractivity contribution is -0.179. The first-order valence-electron chi connectivity index (χ1n) is 36.4. The molecule has 7 N–H and O–H groups in total. The molecule has 5 aliphatic rings. The molecule has 8 atom stereocenters. The number of urea groups is 1. The van der Waals surface area contributed by atoms with Crippen LogP contribution < -0.4 is 26.6 Å². The molecule has 29 nitrogen and oxygen atoms in total. The number of likely N-dealkylation sites (tertiary alicyclic amines) is 1. The zero-order chi connectivity index (χ0) is 77.6. The number of para-hydroxylation sites is 1. The third-order valence-electron chi connectivity index (χ3n) is 21.3. The molecule has 0 spiro atoms. The summed E-state index contributed by atoms with van der Waals surface area (Å²) >= 11 is 1.39. The number of Topliss-reactive ketones (excluding diaryl/α,β-unsaturated/α-hetero) is 2. The van der Waals surface area contributed by atoms with Crippen molar-refractivity contribution in [1.29, 1.82) is 0 Å². The van der Waals surface area contributed by atoms with E-state index in [1.54, 1.807) is 56.4 Å². The van der Waals surface area contributed by atoms with Gasteiger partial charge in [0, 0.05) is 106 Å². The molecule has 31 heteroatoms. The molecule has 1 saturated heterocycles. The fourth-order valence-electron chi connectivity index (χ4n) is 17.0. The minimum Gasteiger partial charge on any atom is -0.476 e. The van der Waals surface area contributed by atoms with Crippen LogP contribution in [-0.4, -0.2) is 194 Å². The molecule has 3 aromatic heterocycles. The normalized spacial score (nSPS) is 21.8. The van der Waals surface area contributed by atoms with Gasteiger partial charge in [0.05, 0.1) is 59.6 Å². The number of thiazole rings is 1. The van der Waals surface area contributed by atoms with E-state index in [0.29, 0.717) is 77.7 Å². The average molecular weight is 1520 g/mol. The molecule has 3 aromatic carbocycles. The van der Waals surface area contributed by atoms with Crippen LogP contribution in [0, 0.1) is 35.5 Å². The van der Waals surface area contributed by atoms with Crippen molar-refractivity contribution in [2.75, 3.05) is 69.0 Å². The predicted octanol–water partition coefficient (Wildman–Crippen LogP) is 8.10. The summed E-state index contributed by atoms with van der Waals surface area (Å²) in [6.07, 6.45) is 7.29. The number of hydrogen-bond acceptors (Lipinski definition) is 20. The monoisotopic (exact) mass is 1520 g/mol. The molecule has 11 rings (SSSR count). The number of methoxy groups -OCH3 is 1. The van der Waals surface area contributed by atoms with Crippen LogP contribution in [0.3, 0.4) is 0 Å². The quantitative estimate of drug-likeness (QED) is 0.0129. The zero-order valence-corrected chi connectivity index (χ0v) is 63.4. The standard InChI is InChI=1S/C77H94N12O17S2/c1-46(2)56(34-53(90)38-87-52(41-104-7)33-61(70(87)96)89-65(92)23-24-66(89)93)69(95)81-59(15-11-26-79-72(78)99)62(91)32-49-17-19-50(20-18-49)40-105-74(100)85(29-31-108(101,102)103)28-30-106-77-36-47(3)35-75(5,43-77)42-76(6,44-77)45-88-48(4)57(37-80-88)54-21-22-64(83-67(54)71(97)98)86-27-25-51-12-10-13-55(58(51)39-86)68(94)84-73-82-60-14-8-9-16-63(60)107-73/h8-10,12-14,16-24,37,46-47,52,56,59,61H,11,15,25-36,38-45H2,1-7H3,(H,81,95)(H,97,98)(H3,78,79,99)(H,82,84,94)(H,101,102,103)/t47?,52-,56-,59-,61?,75?,76?,77?/m0/s1. The Bertz CT molecular complexity index is 4550. The molecule has 2 bridgehead atoms. The highest BCUT2D eigenvalue weighted by atomic mass is 32.2. The summed E-state index contributed by atoms with van der Waals surface area (Å²) in [5.41, 5.74) is 9.88. The molecule has 0 radical (unpaired) electrons. The molecular formula is C77H94N12O17S2. The Labute approximate surface area is 630 Å². The van der Waals surface area contributed by atoms with Gasteiger partial charge in [0.25, 0.3) is 27.8 Å². The van der Waals surface area contributed by atoms with Crippen LogP contribution in [0.15, 0.2) is 97.2 Å². The van der Waals surface area contributed by atoms with E-state index in [2.05, 4.69) is 41.7 Å². The van der Waals surface area contributed by atoms with Crippen LogP contribution in [0.25, 0.3) is 21.3 Å². The number of primary amides is 1. The predicted molar refractivity (Wildman–Crippen MR) is 400 cm³/mol. The molecule has 108 heavy (non-hydrogen) atoms. The van der Waals surface area contributed by atoms with Gasteiger partial charge in [-0.05, 0) is 134 Å². The number of benzene rings is 3. The van der Waals surface area contributed by atoms with E-state index in [-0.39, 0.29) is 87.9 Å². The molecule has 3 fully saturated rings. The minimum atomic E-state index is -4.53. The van der Waals surface area contributed by atoms with Crippen LogP contribution in [0.4, 0.5) is 20.5 Å². The molecule has 2 saturated carbocycles. The van der Waals surface area contributed by atoms with Crippen molar-refractivity contribution in [3.05, 3.63) is 136 Å². The van der Waals surface area contributed by atoms with Crippen molar-refractivity contribution in [2.24, 2.45) is 34.3 Å². The van der Waals surface area contributed by atoms with Gasteiger partial charge in [0.15, 0.2) is 22.4 Å². The van der Waals surface area contributed by atoms with Gasteiger partial charge in [-0.25, -0.2) is 24.4 Å². The SMILES string of the molecule is COC[C@@H]1CC(N2C(=O)C=CC2=O)C(=O)N1CC(=O)C[C@H](C(=O)N[C@@H](CCCNC(N)=O)C(=O)Cc1ccc(COC(=O)N(CCOC23CC(C)CC(C)(CC(C)(Cn4ncc(-c5ccc(N6CCc7cccc(C(=O)Nc8nc9ccccc9s8)c7C6)nc5C(=O)O)c4C)C2)C3)CCS(=O)(=O)O)cc1)C(C)C. The van der Waals surface area contributed by atoms with Crippen molar-refractivity contribution in [3.8, 4) is 11.1 Å². The smallest absolute Gasteiger partial charge is 0.410 e. The number of aromatic carboxylic acids is 1. The summed E-state index contributed by atoms with van der Waals surface area (Å²) in [5.74, 6) is -6.23. The van der Waals surface area contributed by atoms with E-state index >= 15 is 0 Å². The van der Waals surface area contributed by atoms with Crippen molar-refractivity contribution < 1.29 is 80.2 Å². The van der Waals surface area contributed by atoms with Gasteiger partial charge in [-0.3, -0.25) is 53.0 Å². The number of fused-ring (bicyclic) bond motifs is 4. The molecule has 5 unspecified atom stereocenters. The van der Waals surface area contributed by atoms with E-state index in [0.717, 1.165) is 63.4 Å². The van der Waals surface area contributed by atoms with Crippen LogP contribution in [-0.2, 0) is 85.6 Å². The lowest BCUT2D eigenvalue weighted by Gasteiger charge is -2.58. The molecule has 6 heterocycles. The summed E-state index contributed by atoms with van der Waals surface area (Å²) in [6, 6.07) is 19.9. The molecule has 6 aromatic rings. The summed E-state index contributed by atoms with van der Waals surface area (Å²) in [4.78, 5) is 148. The minimum absolute atomic E-state index is 0.00295. The molecule has 8 amide bonds. The Morgan fingerprint density at radius 1 is 0.889 bits per heavy atom. The van der Waals surface area contributed by atoms with E-state index in [4.69, 9.17) is 30.0 Å². The number of nitrogens with one attached hydrogen (secondary N) is 3. The third kappa shape index (κ3) is 19.0. The summed E-state index contributed by atoms with van der Waals surface area (Å²) in [6.45, 7) is 12.4. The topological polar surface area (TPSA) is 392 Å². The Balaban J connectivity index is 0.704. The summed E-state index contributed by atoms with van der Waals surface area (Å²) < 4.78 is 55.1. The summed E-state index contributed by atoms with van der Waals surface area (Å²) in [7, 11) is -3.11. The fraction of sp³-hybridized carbons (Fsp3) is 0.494. The van der Waals surface area contributed by atoms with Crippen molar-refractivity contribution in [1.82, 2.24) is 45.1 Å². The van der Waals surface area contributed by atoms with Gasteiger partial charge in [0.1, 0.15) is 18.5 Å². The Hall–Kier alpha value is -9.82. The highest BCUT2D eigenvalue weighted by Crippen LogP contribution is 2.60. The number of carboxylic acids is 1. The summed E-state index contributed by atoms with van der Waals surface area (Å²) in [5, 5.41) is 24.4. The number of hydrogen-bond donors (Lipinski definition) is 6. The van der Waals surface area contributed by atoms with Crippen molar-refractivity contribution in [3.63, 3.8) is 0 Å². The number of nitrogens with two attached hydrogens (primary N) is 1. The van der Waals surface area contributed by atoms with Gasteiger partial charge < -0.3 is 50.4 Å². The maximum Gasteiger partial charge on any atom is 0.410 e. The van der Waals surface area contributed by atoms with Crippen molar-refractivity contribution in [2.45, 2.75) is 156 Å². The number of imide groups is 1. The van der Waals surface area contributed by atoms with E-state index in [9.17, 15) is 66.0 Å². The number of anilines is 2. The Morgan fingerprint density at radius 2 is 1.63 bits per heavy atom.